The van der Waals surface area contributed by atoms with Gasteiger partial charge in [0.2, 0.25) is 0 Å². The van der Waals surface area contributed by atoms with E-state index in [0.717, 1.165) is 63.8 Å². The molecule has 0 bridgehead atoms. The molecule has 1 aliphatic rings. The van der Waals surface area contributed by atoms with Crippen molar-refractivity contribution in [2.45, 2.75) is 251 Å². The highest BCUT2D eigenvalue weighted by atomic mass is 32.2. The molecule has 0 aromatic heterocycles. The first kappa shape index (κ1) is 52.2. The first-order valence-electron chi connectivity index (χ1n) is 24.2. The Balaban J connectivity index is 2.79. The van der Waals surface area contributed by atoms with Crippen molar-refractivity contribution < 1.29 is 24.2 Å². The molecule has 1 N–H and O–H groups in total. The molecule has 0 aromatic rings. The van der Waals surface area contributed by atoms with Crippen molar-refractivity contribution in [2.24, 2.45) is 11.8 Å². The number of carbonyl (C=O) groups excluding carboxylic acids is 2. The Morgan fingerprint density at radius 2 is 1.16 bits per heavy atom. The minimum atomic E-state index is -0.00855. The predicted octanol–water partition coefficient (Wildman–Crippen LogP) is 13.6. The molecule has 3 unspecified atom stereocenters. The summed E-state index contributed by atoms with van der Waals surface area (Å²) < 4.78 is 11.9. The number of hydrogen-bond acceptors (Lipinski definition) is 7. The zero-order valence-corrected chi connectivity index (χ0v) is 38.1. The van der Waals surface area contributed by atoms with Crippen LogP contribution in [0.2, 0.25) is 0 Å². The highest BCUT2D eigenvalue weighted by Gasteiger charge is 2.29. The molecular formula is C48H93NO5S. The van der Waals surface area contributed by atoms with Crippen molar-refractivity contribution in [3.63, 3.8) is 0 Å². The second kappa shape index (κ2) is 37.5. The Kier molecular flexibility index (Phi) is 35.6. The normalized spacial score (nSPS) is 17.7. The van der Waals surface area contributed by atoms with Gasteiger partial charge < -0.3 is 19.5 Å². The Morgan fingerprint density at radius 1 is 0.618 bits per heavy atom. The number of rotatable bonds is 39. The van der Waals surface area contributed by atoms with Crippen molar-refractivity contribution >= 4 is 23.7 Å². The van der Waals surface area contributed by atoms with Gasteiger partial charge in [-0.15, -0.1) is 0 Å². The summed E-state index contributed by atoms with van der Waals surface area (Å²) in [5.74, 6) is 2.53. The van der Waals surface area contributed by atoms with E-state index in [0.29, 0.717) is 36.7 Å². The van der Waals surface area contributed by atoms with E-state index in [1.54, 1.807) is 0 Å². The van der Waals surface area contributed by atoms with Crippen LogP contribution in [0.3, 0.4) is 0 Å². The third-order valence-corrected chi connectivity index (χ3v) is 13.8. The molecule has 0 amide bonds. The Bertz CT molecular complexity index is 873. The average molecular weight is 796 g/mol. The van der Waals surface area contributed by atoms with E-state index in [4.69, 9.17) is 9.47 Å². The molecule has 1 fully saturated rings. The van der Waals surface area contributed by atoms with Gasteiger partial charge in [0.15, 0.2) is 0 Å². The highest BCUT2D eigenvalue weighted by molar-refractivity contribution is 7.99. The van der Waals surface area contributed by atoms with Crippen molar-refractivity contribution in [3.05, 3.63) is 0 Å². The summed E-state index contributed by atoms with van der Waals surface area (Å²) in [7, 11) is 2.31. The summed E-state index contributed by atoms with van der Waals surface area (Å²) in [5.41, 5.74) is 0. The number of carbonyl (C=O) groups is 2. The molecule has 0 aromatic carbocycles. The minimum Gasteiger partial charge on any atom is -0.466 e. The molecule has 55 heavy (non-hydrogen) atoms. The van der Waals surface area contributed by atoms with Crippen LogP contribution >= 0.6 is 11.8 Å². The van der Waals surface area contributed by atoms with E-state index in [1.807, 2.05) is 0 Å². The van der Waals surface area contributed by atoms with Gasteiger partial charge in [-0.25, -0.2) is 0 Å². The zero-order chi connectivity index (χ0) is 40.2. The Morgan fingerprint density at radius 3 is 1.76 bits per heavy atom. The Labute approximate surface area is 346 Å². The molecule has 1 rings (SSSR count). The lowest BCUT2D eigenvalue weighted by Crippen LogP contribution is -2.34. The van der Waals surface area contributed by atoms with Crippen molar-refractivity contribution in [1.82, 2.24) is 4.90 Å². The van der Waals surface area contributed by atoms with Crippen LogP contribution in [0.5, 0.6) is 0 Å². The summed E-state index contributed by atoms with van der Waals surface area (Å²) >= 11 is 2.10. The number of ether oxygens (including phenoxy) is 2. The van der Waals surface area contributed by atoms with Crippen LogP contribution in [0.4, 0.5) is 0 Å². The number of unbranched alkanes of at least 4 members (excludes halogenated alkanes) is 13. The molecule has 5 atom stereocenters. The fourth-order valence-electron chi connectivity index (χ4n) is 8.49. The summed E-state index contributed by atoms with van der Waals surface area (Å²) in [5, 5.41) is 9.95. The largest absolute Gasteiger partial charge is 0.466 e. The topological polar surface area (TPSA) is 76.1 Å². The monoisotopic (exact) mass is 796 g/mol. The maximum absolute atomic E-state index is 12.7. The lowest BCUT2D eigenvalue weighted by molar-refractivity contribution is -0.150. The van der Waals surface area contributed by atoms with Crippen LogP contribution in [0, 0.1) is 11.8 Å². The third kappa shape index (κ3) is 29.1. The lowest BCUT2D eigenvalue weighted by Gasteiger charge is -2.32. The number of aliphatic hydroxyl groups is 1. The van der Waals surface area contributed by atoms with Crippen LogP contribution in [-0.4, -0.2) is 71.9 Å². The van der Waals surface area contributed by atoms with Crippen LogP contribution in [0.15, 0.2) is 0 Å². The molecule has 0 spiro atoms. The quantitative estimate of drug-likeness (QED) is 0.0490. The molecular weight excluding hydrogens is 703 g/mol. The third-order valence-electron chi connectivity index (χ3n) is 12.3. The molecule has 1 saturated carbocycles. The summed E-state index contributed by atoms with van der Waals surface area (Å²) in [6.45, 7) is 10.9. The average Bonchev–Trinajstić information content (AvgIpc) is 3.18. The molecule has 1 aliphatic carbocycles. The van der Waals surface area contributed by atoms with Gasteiger partial charge in [0, 0.05) is 30.7 Å². The van der Waals surface area contributed by atoms with Gasteiger partial charge in [0.05, 0.1) is 6.61 Å². The van der Waals surface area contributed by atoms with Gasteiger partial charge in [-0.3, -0.25) is 9.59 Å². The maximum atomic E-state index is 12.7. The van der Waals surface area contributed by atoms with E-state index < -0.39 is 0 Å². The SMILES string of the molecule is CCCCCCCC(=O)OCCC(CCCCC)CCC(CCC(CCCCC)CCS[C@@H]1CCCC[C@H]1OC(=O)CCCCCCC)N(C)CCCCO. The van der Waals surface area contributed by atoms with Gasteiger partial charge in [-0.05, 0) is 115 Å². The predicted molar refractivity (Wildman–Crippen MR) is 238 cm³/mol. The van der Waals surface area contributed by atoms with Gasteiger partial charge in [-0.2, -0.15) is 11.8 Å². The molecule has 7 heteroatoms. The minimum absolute atomic E-state index is 0.00855. The summed E-state index contributed by atoms with van der Waals surface area (Å²) in [4.78, 5) is 27.8. The van der Waals surface area contributed by atoms with Gasteiger partial charge in [0.1, 0.15) is 6.10 Å². The van der Waals surface area contributed by atoms with E-state index in [1.165, 1.54) is 147 Å². The fourth-order valence-corrected chi connectivity index (χ4v) is 10.0. The van der Waals surface area contributed by atoms with Crippen LogP contribution in [0.1, 0.15) is 233 Å². The van der Waals surface area contributed by atoms with E-state index in [-0.39, 0.29) is 24.6 Å². The molecule has 0 saturated heterocycles. The van der Waals surface area contributed by atoms with Crippen LogP contribution in [0.25, 0.3) is 0 Å². The first-order chi connectivity index (χ1) is 26.9. The molecule has 326 valence electrons. The van der Waals surface area contributed by atoms with Gasteiger partial charge >= 0.3 is 11.9 Å². The number of esters is 2. The second-order valence-electron chi connectivity index (χ2n) is 17.3. The van der Waals surface area contributed by atoms with Crippen molar-refractivity contribution in [3.8, 4) is 0 Å². The van der Waals surface area contributed by atoms with Gasteiger partial charge in [-0.1, -0.05) is 137 Å². The van der Waals surface area contributed by atoms with E-state index >= 15 is 0 Å². The molecule has 6 nitrogen and oxygen atoms in total. The number of nitrogens with zero attached hydrogens (tertiary/aromatic N) is 1. The second-order valence-corrected chi connectivity index (χ2v) is 18.6. The number of thioether (sulfide) groups is 1. The summed E-state index contributed by atoms with van der Waals surface area (Å²) in [6.07, 6.45) is 36.8. The first-order valence-corrected chi connectivity index (χ1v) is 25.2. The lowest BCUT2D eigenvalue weighted by atomic mass is 9.87. The van der Waals surface area contributed by atoms with E-state index in [2.05, 4.69) is 51.4 Å². The highest BCUT2D eigenvalue weighted by Crippen LogP contribution is 2.34. The van der Waals surface area contributed by atoms with Crippen molar-refractivity contribution in [2.75, 3.05) is 32.6 Å². The Hall–Kier alpha value is -0.790. The molecule has 0 radical (unpaired) electrons. The summed E-state index contributed by atoms with van der Waals surface area (Å²) in [6, 6.07) is 0.545. The molecule has 0 heterocycles. The van der Waals surface area contributed by atoms with Crippen molar-refractivity contribution in [1.29, 1.82) is 0 Å². The van der Waals surface area contributed by atoms with Crippen LogP contribution < -0.4 is 0 Å². The molecule has 0 aliphatic heterocycles. The standard InChI is InChI=1S/C48H93NO5S/c1-6-10-14-16-20-30-47(51)53-40-36-42(26-18-12-8-3)32-34-44(49(5)38-24-25-39-50)35-33-43(27-19-13-9-4)37-41-55-46-29-23-22-28-45(46)54-48(52)31-21-17-15-11-7-2/h42-46,50H,6-41H2,1-5H3/t42?,43?,44?,45-,46-/m1/s1. The van der Waals surface area contributed by atoms with Gasteiger partial charge in [0.25, 0.3) is 0 Å². The number of hydrogen-bond donors (Lipinski definition) is 1. The zero-order valence-electron chi connectivity index (χ0n) is 37.3. The fraction of sp³-hybridized carbons (Fsp3) is 0.958. The van der Waals surface area contributed by atoms with E-state index in [9.17, 15) is 14.7 Å². The number of aliphatic hydroxyl groups excluding tert-OH is 1. The van der Waals surface area contributed by atoms with Crippen LogP contribution in [-0.2, 0) is 19.1 Å². The smallest absolute Gasteiger partial charge is 0.306 e. The maximum Gasteiger partial charge on any atom is 0.306 e.